The standard InChI is InChI=1S/C20H21N3O5/c1-13-7-8-18(28-2)16(9-13)20(25)21-15-10-19(24)22(12-15)11-14-5-3-4-6-17(14)23(26)27/h3-9,15H,10-12H2,1-2H3,(H,21,25). The summed E-state index contributed by atoms with van der Waals surface area (Å²) in [5, 5.41) is 14.0. The molecule has 1 unspecified atom stereocenters. The average Bonchev–Trinajstić information content (AvgIpc) is 3.00. The zero-order valence-electron chi connectivity index (χ0n) is 15.7. The lowest BCUT2D eigenvalue weighted by molar-refractivity contribution is -0.385. The molecule has 8 nitrogen and oxygen atoms in total. The van der Waals surface area contributed by atoms with Crippen molar-refractivity contribution in [1.29, 1.82) is 0 Å². The smallest absolute Gasteiger partial charge is 0.274 e. The van der Waals surface area contributed by atoms with Crippen molar-refractivity contribution in [1.82, 2.24) is 10.2 Å². The maximum absolute atomic E-state index is 12.6. The van der Waals surface area contributed by atoms with Crippen LogP contribution in [-0.4, -0.2) is 41.3 Å². The van der Waals surface area contributed by atoms with E-state index in [-0.39, 0.29) is 36.5 Å². The van der Waals surface area contributed by atoms with Crippen molar-refractivity contribution in [3.8, 4) is 5.75 Å². The van der Waals surface area contributed by atoms with Crippen molar-refractivity contribution >= 4 is 17.5 Å². The number of carbonyl (C=O) groups is 2. The highest BCUT2D eigenvalue weighted by Crippen LogP contribution is 2.24. The molecule has 1 saturated heterocycles. The van der Waals surface area contributed by atoms with Gasteiger partial charge >= 0.3 is 0 Å². The van der Waals surface area contributed by atoms with Gasteiger partial charge < -0.3 is 15.0 Å². The number of hydrogen-bond acceptors (Lipinski definition) is 5. The summed E-state index contributed by atoms with van der Waals surface area (Å²) in [6, 6.07) is 11.3. The Morgan fingerprint density at radius 2 is 2.07 bits per heavy atom. The Kier molecular flexibility index (Phi) is 5.58. The number of aryl methyl sites for hydroxylation is 1. The quantitative estimate of drug-likeness (QED) is 0.610. The Hall–Kier alpha value is -3.42. The molecule has 8 heteroatoms. The third kappa shape index (κ3) is 4.11. The Bertz CT molecular complexity index is 928. The molecule has 146 valence electrons. The lowest BCUT2D eigenvalue weighted by Gasteiger charge is -2.18. The van der Waals surface area contributed by atoms with Gasteiger partial charge in [0.2, 0.25) is 5.91 Å². The first-order chi connectivity index (χ1) is 13.4. The zero-order chi connectivity index (χ0) is 20.3. The number of nitro benzene ring substituents is 1. The van der Waals surface area contributed by atoms with Gasteiger partial charge in [0.05, 0.1) is 30.2 Å². The highest BCUT2D eigenvalue weighted by atomic mass is 16.6. The van der Waals surface area contributed by atoms with E-state index in [0.29, 0.717) is 23.4 Å². The molecule has 1 aliphatic heterocycles. The van der Waals surface area contributed by atoms with Crippen LogP contribution in [0.2, 0.25) is 0 Å². The maximum atomic E-state index is 12.6. The van der Waals surface area contributed by atoms with Crippen LogP contribution < -0.4 is 10.1 Å². The largest absolute Gasteiger partial charge is 0.496 e. The monoisotopic (exact) mass is 383 g/mol. The summed E-state index contributed by atoms with van der Waals surface area (Å²) >= 11 is 0. The van der Waals surface area contributed by atoms with Gasteiger partial charge in [0.15, 0.2) is 0 Å². The minimum atomic E-state index is -0.459. The Balaban J connectivity index is 1.69. The van der Waals surface area contributed by atoms with E-state index in [4.69, 9.17) is 4.74 Å². The lowest BCUT2D eigenvalue weighted by Crippen LogP contribution is -2.37. The molecule has 0 aliphatic carbocycles. The number of methoxy groups -OCH3 is 1. The highest BCUT2D eigenvalue weighted by molar-refractivity contribution is 5.97. The van der Waals surface area contributed by atoms with Crippen LogP contribution in [0, 0.1) is 17.0 Å². The predicted molar refractivity (Wildman–Crippen MR) is 102 cm³/mol. The van der Waals surface area contributed by atoms with Gasteiger partial charge in [0, 0.05) is 24.6 Å². The van der Waals surface area contributed by atoms with Crippen LogP contribution in [0.1, 0.15) is 27.9 Å². The molecule has 0 saturated carbocycles. The van der Waals surface area contributed by atoms with Gasteiger partial charge in [0.1, 0.15) is 5.75 Å². The van der Waals surface area contributed by atoms with Crippen molar-refractivity contribution < 1.29 is 19.2 Å². The molecule has 0 spiro atoms. The fourth-order valence-electron chi connectivity index (χ4n) is 3.31. The molecule has 0 radical (unpaired) electrons. The predicted octanol–water partition coefficient (Wildman–Crippen LogP) is 2.44. The Labute approximate surface area is 162 Å². The highest BCUT2D eigenvalue weighted by Gasteiger charge is 2.32. The van der Waals surface area contributed by atoms with Gasteiger partial charge in [-0.3, -0.25) is 19.7 Å². The number of nitrogens with one attached hydrogen (secondary N) is 1. The number of nitrogens with zero attached hydrogens (tertiary/aromatic N) is 2. The number of amides is 2. The van der Waals surface area contributed by atoms with Crippen molar-refractivity contribution in [3.05, 3.63) is 69.3 Å². The van der Waals surface area contributed by atoms with E-state index in [0.717, 1.165) is 5.56 Å². The molecule has 1 aliphatic rings. The van der Waals surface area contributed by atoms with Crippen LogP contribution >= 0.6 is 0 Å². The van der Waals surface area contributed by atoms with Gasteiger partial charge in [-0.2, -0.15) is 0 Å². The van der Waals surface area contributed by atoms with E-state index in [2.05, 4.69) is 5.32 Å². The SMILES string of the molecule is COc1ccc(C)cc1C(=O)NC1CC(=O)N(Cc2ccccc2[N+](=O)[O-])C1. The second kappa shape index (κ2) is 8.08. The number of benzene rings is 2. The van der Waals surface area contributed by atoms with Crippen molar-refractivity contribution in [2.75, 3.05) is 13.7 Å². The Morgan fingerprint density at radius 3 is 2.79 bits per heavy atom. The number of nitro groups is 1. The zero-order valence-corrected chi connectivity index (χ0v) is 15.7. The molecular weight excluding hydrogens is 362 g/mol. The minimum Gasteiger partial charge on any atom is -0.496 e. The second-order valence-corrected chi connectivity index (χ2v) is 6.74. The number of para-hydroxylation sites is 1. The van der Waals surface area contributed by atoms with Crippen molar-refractivity contribution in [2.45, 2.75) is 25.9 Å². The summed E-state index contributed by atoms with van der Waals surface area (Å²) in [7, 11) is 1.50. The van der Waals surface area contributed by atoms with Crippen LogP contribution in [-0.2, 0) is 11.3 Å². The molecule has 1 fully saturated rings. The third-order valence-electron chi connectivity index (χ3n) is 4.70. The summed E-state index contributed by atoms with van der Waals surface area (Å²) < 4.78 is 5.24. The van der Waals surface area contributed by atoms with Gasteiger partial charge in [-0.15, -0.1) is 0 Å². The van der Waals surface area contributed by atoms with E-state index < -0.39 is 4.92 Å². The summed E-state index contributed by atoms with van der Waals surface area (Å²) in [5.41, 5.74) is 1.78. The first-order valence-electron chi connectivity index (χ1n) is 8.84. The molecule has 2 amide bonds. The summed E-state index contributed by atoms with van der Waals surface area (Å²) in [6.07, 6.45) is 0.153. The number of ether oxygens (including phenoxy) is 1. The van der Waals surface area contributed by atoms with E-state index in [1.807, 2.05) is 13.0 Å². The van der Waals surface area contributed by atoms with Gasteiger partial charge in [-0.25, -0.2) is 0 Å². The molecule has 3 rings (SSSR count). The summed E-state index contributed by atoms with van der Waals surface area (Å²) in [5.74, 6) is -0.00487. The molecule has 0 bridgehead atoms. The molecule has 1 atom stereocenters. The molecular formula is C20H21N3O5. The van der Waals surface area contributed by atoms with Crippen LogP contribution in [0.3, 0.4) is 0 Å². The van der Waals surface area contributed by atoms with E-state index in [1.165, 1.54) is 18.1 Å². The summed E-state index contributed by atoms with van der Waals surface area (Å²) in [6.45, 7) is 2.31. The number of hydrogen-bond donors (Lipinski definition) is 1. The van der Waals surface area contributed by atoms with Gasteiger partial charge in [-0.1, -0.05) is 29.8 Å². The normalized spacial score (nSPS) is 16.1. The van der Waals surface area contributed by atoms with E-state index >= 15 is 0 Å². The van der Waals surface area contributed by atoms with E-state index in [9.17, 15) is 19.7 Å². The topological polar surface area (TPSA) is 102 Å². The number of rotatable bonds is 6. The van der Waals surface area contributed by atoms with Crippen LogP contribution in [0.5, 0.6) is 5.75 Å². The first-order valence-corrected chi connectivity index (χ1v) is 8.84. The molecule has 28 heavy (non-hydrogen) atoms. The van der Waals surface area contributed by atoms with Gasteiger partial charge in [-0.05, 0) is 19.1 Å². The fraction of sp³-hybridized carbons (Fsp3) is 0.300. The van der Waals surface area contributed by atoms with Crippen molar-refractivity contribution in [2.24, 2.45) is 0 Å². The first kappa shape index (κ1) is 19.3. The van der Waals surface area contributed by atoms with Crippen LogP contribution in [0.4, 0.5) is 5.69 Å². The minimum absolute atomic E-state index is 0.0210. The van der Waals surface area contributed by atoms with Crippen LogP contribution in [0.25, 0.3) is 0 Å². The molecule has 1 heterocycles. The Morgan fingerprint density at radius 1 is 1.32 bits per heavy atom. The lowest BCUT2D eigenvalue weighted by atomic mass is 10.1. The number of carbonyl (C=O) groups excluding carboxylic acids is 2. The summed E-state index contributed by atoms with van der Waals surface area (Å²) in [4.78, 5) is 37.2. The molecule has 2 aromatic rings. The van der Waals surface area contributed by atoms with Gasteiger partial charge in [0.25, 0.3) is 11.6 Å². The molecule has 0 aromatic heterocycles. The van der Waals surface area contributed by atoms with Crippen LogP contribution in [0.15, 0.2) is 42.5 Å². The molecule has 2 aromatic carbocycles. The molecule has 1 N–H and O–H groups in total. The maximum Gasteiger partial charge on any atom is 0.274 e. The fourth-order valence-corrected chi connectivity index (χ4v) is 3.31. The number of likely N-dealkylation sites (tertiary alicyclic amines) is 1. The second-order valence-electron chi connectivity index (χ2n) is 6.74. The average molecular weight is 383 g/mol. The van der Waals surface area contributed by atoms with E-state index in [1.54, 1.807) is 30.3 Å². The van der Waals surface area contributed by atoms with Crippen molar-refractivity contribution in [3.63, 3.8) is 0 Å². The third-order valence-corrected chi connectivity index (χ3v) is 4.70.